The standard InChI is InChI=1S/C10H13NO3/c1-6(2)14-9-7(10(12)13)4-3-5-8(9)11/h3-6H,11H2,1-2H3,(H,12,13). The summed E-state index contributed by atoms with van der Waals surface area (Å²) >= 11 is 0. The number of nitrogen functional groups attached to an aromatic ring is 1. The first-order chi connectivity index (χ1) is 6.52. The second-order valence-corrected chi connectivity index (χ2v) is 3.20. The SMILES string of the molecule is CC(C)Oc1c(N)cccc1C(=O)O. The molecular formula is C10H13NO3. The first-order valence-electron chi connectivity index (χ1n) is 4.30. The lowest BCUT2D eigenvalue weighted by Gasteiger charge is -2.14. The lowest BCUT2D eigenvalue weighted by molar-refractivity contribution is 0.0690. The Bertz CT molecular complexity index is 347. The highest BCUT2D eigenvalue weighted by Gasteiger charge is 2.14. The minimum absolute atomic E-state index is 0.0960. The summed E-state index contributed by atoms with van der Waals surface area (Å²) in [5.41, 5.74) is 6.06. The Balaban J connectivity index is 3.15. The van der Waals surface area contributed by atoms with Crippen LogP contribution in [0.15, 0.2) is 18.2 Å². The third kappa shape index (κ3) is 2.16. The average Bonchev–Trinajstić information content (AvgIpc) is 2.07. The summed E-state index contributed by atoms with van der Waals surface area (Å²) in [6, 6.07) is 4.67. The molecule has 4 nitrogen and oxygen atoms in total. The normalized spacial score (nSPS) is 10.2. The van der Waals surface area contributed by atoms with Gasteiger partial charge in [-0.2, -0.15) is 0 Å². The molecule has 0 atom stereocenters. The maximum Gasteiger partial charge on any atom is 0.339 e. The van der Waals surface area contributed by atoms with Gasteiger partial charge in [-0.25, -0.2) is 4.79 Å². The Hall–Kier alpha value is -1.71. The first-order valence-corrected chi connectivity index (χ1v) is 4.30. The van der Waals surface area contributed by atoms with Crippen LogP contribution in [0.25, 0.3) is 0 Å². The number of ether oxygens (including phenoxy) is 1. The van der Waals surface area contributed by atoms with Crippen molar-refractivity contribution >= 4 is 11.7 Å². The highest BCUT2D eigenvalue weighted by Crippen LogP contribution is 2.27. The molecule has 0 unspecified atom stereocenters. The van der Waals surface area contributed by atoms with E-state index in [-0.39, 0.29) is 17.4 Å². The van der Waals surface area contributed by atoms with Crippen LogP contribution >= 0.6 is 0 Å². The van der Waals surface area contributed by atoms with E-state index in [4.69, 9.17) is 15.6 Å². The summed E-state index contributed by atoms with van der Waals surface area (Å²) < 4.78 is 5.33. The van der Waals surface area contributed by atoms with Gasteiger partial charge >= 0.3 is 5.97 Å². The number of rotatable bonds is 3. The number of para-hydroxylation sites is 1. The summed E-state index contributed by atoms with van der Waals surface area (Å²) in [6.07, 6.45) is -0.0993. The highest BCUT2D eigenvalue weighted by atomic mass is 16.5. The van der Waals surface area contributed by atoms with Gasteiger partial charge in [0.2, 0.25) is 0 Å². The molecule has 0 aromatic heterocycles. The Labute approximate surface area is 82.3 Å². The molecule has 1 rings (SSSR count). The Morgan fingerprint density at radius 2 is 2.14 bits per heavy atom. The zero-order chi connectivity index (χ0) is 10.7. The van der Waals surface area contributed by atoms with Crippen molar-refractivity contribution in [1.82, 2.24) is 0 Å². The molecule has 0 saturated heterocycles. The van der Waals surface area contributed by atoms with Crippen molar-refractivity contribution in [3.05, 3.63) is 23.8 Å². The molecule has 4 heteroatoms. The first kappa shape index (κ1) is 10.4. The fourth-order valence-electron chi connectivity index (χ4n) is 1.09. The third-order valence-electron chi connectivity index (χ3n) is 1.63. The number of carboxylic acids is 1. The Kier molecular flexibility index (Phi) is 2.96. The molecule has 0 amide bonds. The summed E-state index contributed by atoms with van der Waals surface area (Å²) in [5, 5.41) is 8.87. The van der Waals surface area contributed by atoms with Gasteiger partial charge in [0.05, 0.1) is 11.8 Å². The topological polar surface area (TPSA) is 72.5 Å². The van der Waals surface area contributed by atoms with Crippen molar-refractivity contribution in [3.63, 3.8) is 0 Å². The van der Waals surface area contributed by atoms with E-state index >= 15 is 0 Å². The number of carboxylic acid groups (broad SMARTS) is 1. The molecule has 1 aromatic rings. The van der Waals surface area contributed by atoms with Crippen molar-refractivity contribution in [2.24, 2.45) is 0 Å². The largest absolute Gasteiger partial charge is 0.488 e. The summed E-state index contributed by atoms with van der Waals surface area (Å²) in [6.45, 7) is 3.64. The van der Waals surface area contributed by atoms with Gasteiger partial charge in [-0.3, -0.25) is 0 Å². The van der Waals surface area contributed by atoms with Crippen molar-refractivity contribution in [1.29, 1.82) is 0 Å². The number of nitrogens with two attached hydrogens (primary N) is 1. The maximum atomic E-state index is 10.8. The van der Waals surface area contributed by atoms with Crippen LogP contribution in [0.1, 0.15) is 24.2 Å². The minimum Gasteiger partial charge on any atom is -0.488 e. The molecule has 0 bridgehead atoms. The van der Waals surface area contributed by atoms with Gasteiger partial charge in [0.1, 0.15) is 5.56 Å². The van der Waals surface area contributed by atoms with Crippen LogP contribution in [-0.4, -0.2) is 17.2 Å². The second kappa shape index (κ2) is 4.00. The van der Waals surface area contributed by atoms with Gasteiger partial charge < -0.3 is 15.6 Å². The summed E-state index contributed by atoms with van der Waals surface area (Å²) in [7, 11) is 0. The molecule has 0 aliphatic rings. The van der Waals surface area contributed by atoms with Crippen molar-refractivity contribution in [3.8, 4) is 5.75 Å². The van der Waals surface area contributed by atoms with Gasteiger partial charge in [-0.1, -0.05) is 6.07 Å². The number of hydrogen-bond acceptors (Lipinski definition) is 3. The number of anilines is 1. The van der Waals surface area contributed by atoms with E-state index < -0.39 is 5.97 Å². The number of benzene rings is 1. The molecule has 0 aliphatic carbocycles. The maximum absolute atomic E-state index is 10.8. The van der Waals surface area contributed by atoms with Crippen LogP contribution in [0.2, 0.25) is 0 Å². The van der Waals surface area contributed by atoms with Crippen LogP contribution in [0.5, 0.6) is 5.75 Å². The van der Waals surface area contributed by atoms with Crippen LogP contribution in [0.3, 0.4) is 0 Å². The fourth-order valence-corrected chi connectivity index (χ4v) is 1.09. The average molecular weight is 195 g/mol. The monoisotopic (exact) mass is 195 g/mol. The summed E-state index contributed by atoms with van der Waals surface area (Å²) in [4.78, 5) is 10.8. The van der Waals surface area contributed by atoms with E-state index in [0.717, 1.165) is 0 Å². The van der Waals surface area contributed by atoms with Crippen molar-refractivity contribution in [2.45, 2.75) is 20.0 Å². The molecule has 0 spiro atoms. The van der Waals surface area contributed by atoms with Crippen molar-refractivity contribution < 1.29 is 14.6 Å². The molecular weight excluding hydrogens is 182 g/mol. The molecule has 76 valence electrons. The zero-order valence-electron chi connectivity index (χ0n) is 8.15. The van der Waals surface area contributed by atoms with Gasteiger partial charge in [0.15, 0.2) is 5.75 Å². The fraction of sp³-hybridized carbons (Fsp3) is 0.300. The molecule has 0 saturated carbocycles. The molecule has 0 heterocycles. The second-order valence-electron chi connectivity index (χ2n) is 3.20. The lowest BCUT2D eigenvalue weighted by atomic mass is 10.1. The van der Waals surface area contributed by atoms with Gasteiger partial charge in [0.25, 0.3) is 0 Å². The van der Waals surface area contributed by atoms with Gasteiger partial charge in [0, 0.05) is 0 Å². The zero-order valence-corrected chi connectivity index (χ0v) is 8.15. The highest BCUT2D eigenvalue weighted by molar-refractivity contribution is 5.93. The van der Waals surface area contributed by atoms with E-state index in [1.54, 1.807) is 12.1 Å². The van der Waals surface area contributed by atoms with E-state index in [1.807, 2.05) is 13.8 Å². The predicted molar refractivity (Wildman–Crippen MR) is 53.6 cm³/mol. The molecule has 3 N–H and O–H groups in total. The Morgan fingerprint density at radius 3 is 2.64 bits per heavy atom. The quantitative estimate of drug-likeness (QED) is 0.721. The number of hydrogen-bond donors (Lipinski definition) is 2. The molecule has 0 aliphatic heterocycles. The van der Waals surface area contributed by atoms with E-state index in [1.165, 1.54) is 6.07 Å². The van der Waals surface area contributed by atoms with Gasteiger partial charge in [-0.15, -0.1) is 0 Å². The van der Waals surface area contributed by atoms with Crippen LogP contribution in [0.4, 0.5) is 5.69 Å². The lowest BCUT2D eigenvalue weighted by Crippen LogP contribution is -2.11. The van der Waals surface area contributed by atoms with E-state index in [0.29, 0.717) is 5.69 Å². The van der Waals surface area contributed by atoms with Gasteiger partial charge in [-0.05, 0) is 26.0 Å². The van der Waals surface area contributed by atoms with Crippen LogP contribution in [-0.2, 0) is 0 Å². The predicted octanol–water partition coefficient (Wildman–Crippen LogP) is 1.75. The van der Waals surface area contributed by atoms with E-state index in [9.17, 15) is 4.79 Å². The number of carbonyl (C=O) groups is 1. The van der Waals surface area contributed by atoms with Crippen molar-refractivity contribution in [2.75, 3.05) is 5.73 Å². The third-order valence-corrected chi connectivity index (χ3v) is 1.63. The molecule has 1 aromatic carbocycles. The summed E-state index contributed by atoms with van der Waals surface area (Å²) in [5.74, 6) is -0.789. The molecule has 0 fully saturated rings. The molecule has 14 heavy (non-hydrogen) atoms. The van der Waals surface area contributed by atoms with Crippen LogP contribution < -0.4 is 10.5 Å². The van der Waals surface area contributed by atoms with E-state index in [2.05, 4.69) is 0 Å². The smallest absolute Gasteiger partial charge is 0.339 e. The van der Waals surface area contributed by atoms with Crippen LogP contribution in [0, 0.1) is 0 Å². The number of aromatic carboxylic acids is 1. The Morgan fingerprint density at radius 1 is 1.50 bits per heavy atom. The molecule has 0 radical (unpaired) electrons. The minimum atomic E-state index is -1.03.